The third-order valence-electron chi connectivity index (χ3n) is 4.67. The van der Waals surface area contributed by atoms with Crippen molar-refractivity contribution >= 4 is 23.3 Å². The molecule has 0 aliphatic heterocycles. The number of aromatic nitrogens is 3. The Kier molecular flexibility index (Phi) is 5.37. The quantitative estimate of drug-likeness (QED) is 0.475. The van der Waals surface area contributed by atoms with E-state index in [0.717, 1.165) is 16.8 Å². The molecule has 4 rings (SSSR count). The first kappa shape index (κ1) is 19.8. The van der Waals surface area contributed by atoms with Crippen molar-refractivity contribution < 1.29 is 13.7 Å². The molecule has 0 fully saturated rings. The molecule has 0 saturated heterocycles. The molecule has 8 heteroatoms. The molecule has 30 heavy (non-hydrogen) atoms. The van der Waals surface area contributed by atoms with Gasteiger partial charge < -0.3 is 9.84 Å². The van der Waals surface area contributed by atoms with Gasteiger partial charge in [0.25, 0.3) is 5.91 Å². The lowest BCUT2D eigenvalue weighted by Crippen LogP contribution is -2.13. The predicted molar refractivity (Wildman–Crippen MR) is 112 cm³/mol. The summed E-state index contributed by atoms with van der Waals surface area (Å²) in [7, 11) is 0. The number of halogens is 2. The standard InChI is InChI=1S/C22H18ClFN4O2/c1-13-6-8-15(9-7-13)20-11-19(27-30-20)22(29)25-21-10-14(2)28(26-21)12-16-17(23)4-3-5-18(16)24/h3-11H,12H2,1-2H3,(H,25,26,29). The molecule has 0 spiro atoms. The number of amides is 1. The number of rotatable bonds is 5. The van der Waals surface area contributed by atoms with E-state index >= 15 is 0 Å². The molecule has 0 saturated carbocycles. The third kappa shape index (κ3) is 4.11. The molecule has 2 aromatic heterocycles. The van der Waals surface area contributed by atoms with Gasteiger partial charge >= 0.3 is 0 Å². The van der Waals surface area contributed by atoms with Crippen molar-refractivity contribution in [3.05, 3.63) is 88.0 Å². The van der Waals surface area contributed by atoms with Crippen LogP contribution in [0.1, 0.15) is 27.3 Å². The molecule has 152 valence electrons. The fourth-order valence-electron chi connectivity index (χ4n) is 2.98. The molecular formula is C22H18ClFN4O2. The maximum absolute atomic E-state index is 14.1. The van der Waals surface area contributed by atoms with Crippen molar-refractivity contribution in [3.63, 3.8) is 0 Å². The molecule has 0 atom stereocenters. The van der Waals surface area contributed by atoms with Crippen molar-refractivity contribution in [2.75, 3.05) is 5.32 Å². The van der Waals surface area contributed by atoms with Crippen LogP contribution in [0.2, 0.25) is 5.02 Å². The average molecular weight is 425 g/mol. The van der Waals surface area contributed by atoms with Crippen LogP contribution in [0.5, 0.6) is 0 Å². The zero-order chi connectivity index (χ0) is 21.3. The second-order valence-corrected chi connectivity index (χ2v) is 7.33. The van der Waals surface area contributed by atoms with E-state index in [4.69, 9.17) is 16.1 Å². The third-order valence-corrected chi connectivity index (χ3v) is 5.03. The Morgan fingerprint density at radius 1 is 1.17 bits per heavy atom. The maximum atomic E-state index is 14.1. The van der Waals surface area contributed by atoms with Gasteiger partial charge in [-0.05, 0) is 26.0 Å². The Hall–Kier alpha value is -3.45. The Balaban J connectivity index is 1.49. The molecule has 0 unspecified atom stereocenters. The highest BCUT2D eigenvalue weighted by atomic mass is 35.5. The highest BCUT2D eigenvalue weighted by Crippen LogP contribution is 2.23. The van der Waals surface area contributed by atoms with Crippen LogP contribution in [0.3, 0.4) is 0 Å². The maximum Gasteiger partial charge on any atom is 0.279 e. The molecule has 0 radical (unpaired) electrons. The van der Waals surface area contributed by atoms with Gasteiger partial charge in [0.15, 0.2) is 17.3 Å². The van der Waals surface area contributed by atoms with Crippen molar-refractivity contribution in [1.29, 1.82) is 0 Å². The molecule has 0 aliphatic carbocycles. The van der Waals surface area contributed by atoms with E-state index in [1.165, 1.54) is 6.07 Å². The molecular weight excluding hydrogens is 407 g/mol. The zero-order valence-corrected chi connectivity index (χ0v) is 17.1. The highest BCUT2D eigenvalue weighted by molar-refractivity contribution is 6.31. The van der Waals surface area contributed by atoms with Crippen molar-refractivity contribution in [2.45, 2.75) is 20.4 Å². The van der Waals surface area contributed by atoms with Crippen molar-refractivity contribution in [3.8, 4) is 11.3 Å². The van der Waals surface area contributed by atoms with E-state index in [0.29, 0.717) is 22.2 Å². The molecule has 0 bridgehead atoms. The Bertz CT molecular complexity index is 1190. The summed E-state index contributed by atoms with van der Waals surface area (Å²) in [6.07, 6.45) is 0. The van der Waals surface area contributed by atoms with Crippen LogP contribution in [0, 0.1) is 19.7 Å². The van der Waals surface area contributed by atoms with Gasteiger partial charge in [0.05, 0.1) is 6.54 Å². The summed E-state index contributed by atoms with van der Waals surface area (Å²) in [5, 5.41) is 11.2. The number of carbonyl (C=O) groups is 1. The van der Waals surface area contributed by atoms with E-state index in [1.807, 2.05) is 38.1 Å². The minimum absolute atomic E-state index is 0.134. The van der Waals surface area contributed by atoms with Gasteiger partial charge in [-0.15, -0.1) is 0 Å². The molecule has 2 aromatic carbocycles. The summed E-state index contributed by atoms with van der Waals surface area (Å²) in [6.45, 7) is 3.95. The summed E-state index contributed by atoms with van der Waals surface area (Å²) < 4.78 is 20.9. The number of nitrogens with zero attached hydrogens (tertiary/aromatic N) is 3. The van der Waals surface area contributed by atoms with Crippen LogP contribution in [0.4, 0.5) is 10.2 Å². The fourth-order valence-corrected chi connectivity index (χ4v) is 3.20. The minimum atomic E-state index is -0.453. The summed E-state index contributed by atoms with van der Waals surface area (Å²) in [6, 6.07) is 15.5. The lowest BCUT2D eigenvalue weighted by Gasteiger charge is -2.07. The minimum Gasteiger partial charge on any atom is -0.355 e. The first-order valence-electron chi connectivity index (χ1n) is 9.23. The molecule has 1 N–H and O–H groups in total. The van der Waals surface area contributed by atoms with Crippen LogP contribution in [0.15, 0.2) is 59.1 Å². The van der Waals surface area contributed by atoms with E-state index in [1.54, 1.807) is 28.9 Å². The Morgan fingerprint density at radius 2 is 1.93 bits per heavy atom. The van der Waals surface area contributed by atoms with Crippen LogP contribution >= 0.6 is 11.6 Å². The lowest BCUT2D eigenvalue weighted by molar-refractivity contribution is 0.101. The summed E-state index contributed by atoms with van der Waals surface area (Å²) in [4.78, 5) is 12.5. The second-order valence-electron chi connectivity index (χ2n) is 6.93. The summed E-state index contributed by atoms with van der Waals surface area (Å²) in [5.41, 5.74) is 3.16. The van der Waals surface area contributed by atoms with Gasteiger partial charge in [-0.3, -0.25) is 9.48 Å². The largest absolute Gasteiger partial charge is 0.355 e. The number of nitrogens with one attached hydrogen (secondary N) is 1. The normalized spacial score (nSPS) is 10.9. The molecule has 6 nitrogen and oxygen atoms in total. The van der Waals surface area contributed by atoms with E-state index in [2.05, 4.69) is 15.6 Å². The Morgan fingerprint density at radius 3 is 2.67 bits per heavy atom. The number of anilines is 1. The summed E-state index contributed by atoms with van der Waals surface area (Å²) in [5.74, 6) is -0.0409. The molecule has 1 amide bonds. The lowest BCUT2D eigenvalue weighted by atomic mass is 10.1. The first-order chi connectivity index (χ1) is 14.4. The number of benzene rings is 2. The van der Waals surface area contributed by atoms with Gasteiger partial charge in [-0.25, -0.2) is 4.39 Å². The van der Waals surface area contributed by atoms with Gasteiger partial charge in [0, 0.05) is 34.0 Å². The highest BCUT2D eigenvalue weighted by Gasteiger charge is 2.17. The second kappa shape index (κ2) is 8.12. The van der Waals surface area contributed by atoms with Crippen molar-refractivity contribution in [2.24, 2.45) is 0 Å². The van der Waals surface area contributed by atoms with Crippen LogP contribution in [-0.4, -0.2) is 20.8 Å². The van der Waals surface area contributed by atoms with Gasteiger partial charge in [-0.2, -0.15) is 5.10 Å². The van der Waals surface area contributed by atoms with E-state index in [9.17, 15) is 9.18 Å². The van der Waals surface area contributed by atoms with Crippen molar-refractivity contribution in [1.82, 2.24) is 14.9 Å². The predicted octanol–water partition coefficient (Wildman–Crippen LogP) is 5.25. The molecule has 2 heterocycles. The van der Waals surface area contributed by atoms with Gasteiger partial charge in [0.1, 0.15) is 5.82 Å². The average Bonchev–Trinajstić information content (AvgIpc) is 3.33. The first-order valence-corrected chi connectivity index (χ1v) is 9.61. The van der Waals surface area contributed by atoms with Gasteiger partial charge in [-0.1, -0.05) is 52.7 Å². The van der Waals surface area contributed by atoms with Crippen LogP contribution < -0.4 is 5.32 Å². The van der Waals surface area contributed by atoms with E-state index < -0.39 is 11.7 Å². The fraction of sp³-hybridized carbons (Fsp3) is 0.136. The SMILES string of the molecule is Cc1ccc(-c2cc(C(=O)Nc3cc(C)n(Cc4c(F)cccc4Cl)n3)no2)cc1. The number of carbonyl (C=O) groups excluding carboxylic acids is 1. The smallest absolute Gasteiger partial charge is 0.279 e. The number of hydrogen-bond acceptors (Lipinski definition) is 4. The van der Waals surface area contributed by atoms with Crippen LogP contribution in [-0.2, 0) is 6.54 Å². The molecule has 0 aliphatic rings. The molecule has 4 aromatic rings. The zero-order valence-electron chi connectivity index (χ0n) is 16.3. The topological polar surface area (TPSA) is 73.0 Å². The Labute approximate surface area is 177 Å². The van der Waals surface area contributed by atoms with Gasteiger partial charge in [0.2, 0.25) is 0 Å². The monoisotopic (exact) mass is 424 g/mol. The number of hydrogen-bond donors (Lipinski definition) is 1. The van der Waals surface area contributed by atoms with Crippen LogP contribution in [0.25, 0.3) is 11.3 Å². The number of aryl methyl sites for hydroxylation is 2. The summed E-state index contributed by atoms with van der Waals surface area (Å²) >= 11 is 6.09. The van der Waals surface area contributed by atoms with E-state index in [-0.39, 0.29) is 12.2 Å².